The average Bonchev–Trinajstić information content (AvgIpc) is 2.73. The first kappa shape index (κ1) is 23.4. The molecule has 30 heavy (non-hydrogen) atoms. The Hall–Kier alpha value is -2.87. The molecule has 2 rings (SSSR count). The van der Waals surface area contributed by atoms with Gasteiger partial charge in [-0.15, -0.1) is 0 Å². The fourth-order valence-electron chi connectivity index (χ4n) is 3.01. The van der Waals surface area contributed by atoms with E-state index in [1.807, 2.05) is 0 Å². The molecular weight excluding hydrogens is 454 g/mol. The molecule has 0 heterocycles. The van der Waals surface area contributed by atoms with Gasteiger partial charge in [-0.2, -0.15) is 0 Å². The molecule has 0 aliphatic rings. The van der Waals surface area contributed by atoms with Crippen molar-refractivity contribution in [3.05, 3.63) is 58.1 Å². The molecule has 1 amide bonds. The Morgan fingerprint density at radius 1 is 1.00 bits per heavy atom. The summed E-state index contributed by atoms with van der Waals surface area (Å²) in [6.07, 6.45) is 0. The van der Waals surface area contributed by atoms with Crippen molar-refractivity contribution in [1.82, 2.24) is 5.32 Å². The molecule has 2 unspecified atom stereocenters. The summed E-state index contributed by atoms with van der Waals surface area (Å²) in [6.45, 7) is 3.07. The maximum atomic E-state index is 13.4. The lowest BCUT2D eigenvalue weighted by atomic mass is 9.86. The molecule has 0 aromatic heterocycles. The van der Waals surface area contributed by atoms with Crippen molar-refractivity contribution < 1.29 is 28.6 Å². The molecule has 1 N–H and O–H groups in total. The van der Waals surface area contributed by atoms with E-state index in [9.17, 15) is 14.4 Å². The van der Waals surface area contributed by atoms with E-state index in [1.54, 1.807) is 49.4 Å². The Bertz CT molecular complexity index is 912. The second kappa shape index (κ2) is 10.8. The van der Waals surface area contributed by atoms with Crippen LogP contribution in [0.25, 0.3) is 0 Å². The molecule has 7 nitrogen and oxygen atoms in total. The largest absolute Gasteiger partial charge is 0.497 e. The molecule has 8 heteroatoms. The van der Waals surface area contributed by atoms with Gasteiger partial charge >= 0.3 is 5.97 Å². The van der Waals surface area contributed by atoms with Gasteiger partial charge < -0.3 is 19.5 Å². The van der Waals surface area contributed by atoms with E-state index in [1.165, 1.54) is 21.1 Å². The smallest absolute Gasteiger partial charge is 0.319 e. The van der Waals surface area contributed by atoms with E-state index in [0.29, 0.717) is 27.1 Å². The highest BCUT2D eigenvalue weighted by Crippen LogP contribution is 2.34. The first-order chi connectivity index (χ1) is 14.3. The van der Waals surface area contributed by atoms with Crippen molar-refractivity contribution in [3.63, 3.8) is 0 Å². The summed E-state index contributed by atoms with van der Waals surface area (Å²) in [5.74, 6) is -1.81. The van der Waals surface area contributed by atoms with Crippen LogP contribution in [0.5, 0.6) is 11.5 Å². The number of esters is 1. The zero-order valence-electron chi connectivity index (χ0n) is 17.2. The molecule has 2 atom stereocenters. The van der Waals surface area contributed by atoms with E-state index in [4.69, 9.17) is 14.2 Å². The lowest BCUT2D eigenvalue weighted by Gasteiger charge is -2.27. The van der Waals surface area contributed by atoms with Crippen LogP contribution in [0.2, 0.25) is 0 Å². The van der Waals surface area contributed by atoms with Crippen molar-refractivity contribution in [2.24, 2.45) is 5.92 Å². The predicted octanol–water partition coefficient (Wildman–Crippen LogP) is 3.71. The van der Waals surface area contributed by atoms with E-state index in [0.717, 1.165) is 0 Å². The quantitative estimate of drug-likeness (QED) is 0.336. The predicted molar refractivity (Wildman–Crippen MR) is 115 cm³/mol. The zero-order chi connectivity index (χ0) is 22.3. The van der Waals surface area contributed by atoms with Crippen LogP contribution in [0, 0.1) is 5.92 Å². The van der Waals surface area contributed by atoms with Crippen LogP contribution < -0.4 is 14.8 Å². The first-order valence-corrected chi connectivity index (χ1v) is 10.1. The Kier molecular flexibility index (Phi) is 8.41. The van der Waals surface area contributed by atoms with Gasteiger partial charge in [-0.05, 0) is 55.0 Å². The standard InChI is InChI=1S/C22H24BrNO6/c1-5-30-22(27)19(21(26)14-6-8-15(28-3)9-7-14)20(24-13(2)25)17-12-16(29-4)10-11-18(17)23/h6-12,19-20H,5H2,1-4H3,(H,24,25). The number of amides is 1. The summed E-state index contributed by atoms with van der Waals surface area (Å²) in [5, 5.41) is 2.73. The number of carbonyl (C=O) groups is 3. The van der Waals surface area contributed by atoms with Gasteiger partial charge in [-0.3, -0.25) is 14.4 Å². The number of rotatable bonds is 9. The molecule has 0 bridgehead atoms. The summed E-state index contributed by atoms with van der Waals surface area (Å²) >= 11 is 3.44. The van der Waals surface area contributed by atoms with Crippen LogP contribution in [-0.4, -0.2) is 38.5 Å². The van der Waals surface area contributed by atoms with Crippen molar-refractivity contribution in [1.29, 1.82) is 0 Å². The van der Waals surface area contributed by atoms with Crippen LogP contribution in [0.4, 0.5) is 0 Å². The summed E-state index contributed by atoms with van der Waals surface area (Å²) in [5.41, 5.74) is 0.813. The fraction of sp³-hybridized carbons (Fsp3) is 0.318. The number of halogens is 1. The minimum Gasteiger partial charge on any atom is -0.497 e. The summed E-state index contributed by atoms with van der Waals surface area (Å²) in [7, 11) is 3.02. The number of benzene rings is 2. The maximum absolute atomic E-state index is 13.4. The van der Waals surface area contributed by atoms with Gasteiger partial charge in [0, 0.05) is 17.0 Å². The molecule has 0 saturated heterocycles. The lowest BCUT2D eigenvalue weighted by Crippen LogP contribution is -2.41. The van der Waals surface area contributed by atoms with Crippen molar-refractivity contribution in [2.45, 2.75) is 19.9 Å². The van der Waals surface area contributed by atoms with E-state index in [-0.39, 0.29) is 6.61 Å². The third kappa shape index (κ3) is 5.60. The molecular formula is C22H24BrNO6. The van der Waals surface area contributed by atoms with Crippen LogP contribution in [-0.2, 0) is 14.3 Å². The first-order valence-electron chi connectivity index (χ1n) is 9.27. The molecule has 0 spiro atoms. The number of hydrogen-bond acceptors (Lipinski definition) is 6. The number of nitrogens with one attached hydrogen (secondary N) is 1. The summed E-state index contributed by atoms with van der Waals surface area (Å²) in [6, 6.07) is 10.5. The normalized spacial score (nSPS) is 12.4. The Morgan fingerprint density at radius 2 is 1.60 bits per heavy atom. The second-order valence-electron chi connectivity index (χ2n) is 6.39. The Balaban J connectivity index is 2.59. The SMILES string of the molecule is CCOC(=O)C(C(=O)c1ccc(OC)cc1)C(NC(C)=O)c1cc(OC)ccc1Br. The third-order valence-corrected chi connectivity index (χ3v) is 5.15. The number of hydrogen-bond donors (Lipinski definition) is 1. The average molecular weight is 478 g/mol. The van der Waals surface area contributed by atoms with Gasteiger partial charge in [0.25, 0.3) is 0 Å². The van der Waals surface area contributed by atoms with E-state index >= 15 is 0 Å². The van der Waals surface area contributed by atoms with Gasteiger partial charge in [-0.25, -0.2) is 0 Å². The Morgan fingerprint density at radius 3 is 2.13 bits per heavy atom. The summed E-state index contributed by atoms with van der Waals surface area (Å²) in [4.78, 5) is 38.2. The van der Waals surface area contributed by atoms with Crippen LogP contribution in [0.3, 0.4) is 0 Å². The number of carbonyl (C=O) groups excluding carboxylic acids is 3. The lowest BCUT2D eigenvalue weighted by molar-refractivity contribution is -0.147. The van der Waals surface area contributed by atoms with Crippen molar-refractivity contribution >= 4 is 33.6 Å². The van der Waals surface area contributed by atoms with Crippen molar-refractivity contribution in [3.8, 4) is 11.5 Å². The molecule has 2 aromatic rings. The monoisotopic (exact) mass is 477 g/mol. The highest BCUT2D eigenvalue weighted by molar-refractivity contribution is 9.10. The molecule has 0 saturated carbocycles. The van der Waals surface area contributed by atoms with Gasteiger partial charge in [0.1, 0.15) is 17.4 Å². The zero-order valence-corrected chi connectivity index (χ0v) is 18.8. The molecule has 160 valence electrons. The molecule has 0 fully saturated rings. The molecule has 0 aliphatic heterocycles. The van der Waals surface area contributed by atoms with Gasteiger partial charge in [0.05, 0.1) is 26.9 Å². The Labute approximate surface area is 183 Å². The van der Waals surface area contributed by atoms with E-state index < -0.39 is 29.6 Å². The third-order valence-electron chi connectivity index (χ3n) is 4.43. The van der Waals surface area contributed by atoms with Crippen LogP contribution in [0.1, 0.15) is 35.8 Å². The minimum absolute atomic E-state index is 0.0945. The molecule has 0 radical (unpaired) electrons. The number of methoxy groups -OCH3 is 2. The van der Waals surface area contributed by atoms with Crippen molar-refractivity contribution in [2.75, 3.05) is 20.8 Å². The van der Waals surface area contributed by atoms with E-state index in [2.05, 4.69) is 21.2 Å². The molecule has 2 aromatic carbocycles. The van der Waals surface area contributed by atoms with Gasteiger partial charge in [-0.1, -0.05) is 15.9 Å². The number of ether oxygens (including phenoxy) is 3. The number of ketones is 1. The van der Waals surface area contributed by atoms with Gasteiger partial charge in [0.15, 0.2) is 5.78 Å². The number of Topliss-reactive ketones (excluding diaryl/α,β-unsaturated/α-hetero) is 1. The fourth-order valence-corrected chi connectivity index (χ4v) is 3.50. The maximum Gasteiger partial charge on any atom is 0.319 e. The van der Waals surface area contributed by atoms with Gasteiger partial charge in [0.2, 0.25) is 5.91 Å². The minimum atomic E-state index is -1.30. The topological polar surface area (TPSA) is 90.9 Å². The highest BCUT2D eigenvalue weighted by Gasteiger charge is 2.39. The molecule has 0 aliphatic carbocycles. The second-order valence-corrected chi connectivity index (χ2v) is 7.24. The summed E-state index contributed by atoms with van der Waals surface area (Å²) < 4.78 is 16.2. The highest BCUT2D eigenvalue weighted by atomic mass is 79.9. The van der Waals surface area contributed by atoms with Crippen LogP contribution in [0.15, 0.2) is 46.9 Å². The van der Waals surface area contributed by atoms with Crippen LogP contribution >= 0.6 is 15.9 Å².